The van der Waals surface area contributed by atoms with Gasteiger partial charge in [0.15, 0.2) is 0 Å². The van der Waals surface area contributed by atoms with E-state index in [4.69, 9.17) is 0 Å². The van der Waals surface area contributed by atoms with Crippen LogP contribution in [0.5, 0.6) is 11.5 Å². The highest BCUT2D eigenvalue weighted by Gasteiger charge is 2.13. The molecule has 1 atom stereocenters. The first-order valence-electron chi connectivity index (χ1n) is 8.07. The highest BCUT2D eigenvalue weighted by molar-refractivity contribution is 5.87. The van der Waals surface area contributed by atoms with Gasteiger partial charge in [-0.3, -0.25) is 0 Å². The molecule has 0 bridgehead atoms. The van der Waals surface area contributed by atoms with E-state index in [2.05, 4.69) is 4.74 Å². The third-order valence-corrected chi connectivity index (χ3v) is 4.15. The Balaban J connectivity index is 1.73. The molecule has 0 radical (unpaired) electrons. The number of hydrogen-bond donors (Lipinski definition) is 2. The summed E-state index contributed by atoms with van der Waals surface area (Å²) in [5, 5.41) is 12.4. The van der Waals surface area contributed by atoms with Gasteiger partial charge in [0.2, 0.25) is 0 Å². The van der Waals surface area contributed by atoms with Gasteiger partial charge in [0.25, 0.3) is 0 Å². The lowest BCUT2D eigenvalue weighted by molar-refractivity contribution is -0.907. The van der Waals surface area contributed by atoms with Gasteiger partial charge in [0.1, 0.15) is 24.6 Å². The fourth-order valence-corrected chi connectivity index (χ4v) is 3.01. The largest absolute Gasteiger partial charge is 0.507 e. The molecule has 130 valence electrons. The van der Waals surface area contributed by atoms with Crippen LogP contribution in [0.2, 0.25) is 0 Å². The lowest BCUT2D eigenvalue weighted by Crippen LogP contribution is -3.06. The summed E-state index contributed by atoms with van der Waals surface area (Å²) in [7, 11) is 2.03. The Bertz CT molecular complexity index is 850. The molecular weight excluding hydrogens is 324 g/mol. The third kappa shape index (κ3) is 4.25. The van der Waals surface area contributed by atoms with Crippen LogP contribution >= 0.6 is 0 Å². The average Bonchev–Trinajstić information content (AvgIpc) is 2.59. The smallest absolute Gasteiger partial charge is 0.387 e. The number of alkyl halides is 2. The number of nitrogens with one attached hydrogen (secondary N) is 1. The van der Waals surface area contributed by atoms with Crippen molar-refractivity contribution in [2.24, 2.45) is 0 Å². The second-order valence-electron chi connectivity index (χ2n) is 6.12. The van der Waals surface area contributed by atoms with Crippen LogP contribution in [0, 0.1) is 0 Å². The maximum atomic E-state index is 12.2. The number of ether oxygens (including phenoxy) is 1. The van der Waals surface area contributed by atoms with Crippen LogP contribution in [0.15, 0.2) is 60.7 Å². The molecule has 0 heterocycles. The van der Waals surface area contributed by atoms with E-state index in [9.17, 15) is 13.9 Å². The summed E-state index contributed by atoms with van der Waals surface area (Å²) in [6, 6.07) is 18.3. The van der Waals surface area contributed by atoms with Gasteiger partial charge in [-0.1, -0.05) is 30.3 Å². The van der Waals surface area contributed by atoms with Crippen molar-refractivity contribution in [1.29, 1.82) is 0 Å². The Labute approximate surface area is 145 Å². The second-order valence-corrected chi connectivity index (χ2v) is 6.12. The summed E-state index contributed by atoms with van der Waals surface area (Å²) in [5.41, 5.74) is 1.92. The van der Waals surface area contributed by atoms with Gasteiger partial charge in [-0.25, -0.2) is 0 Å². The molecule has 5 heteroatoms. The first-order chi connectivity index (χ1) is 12.0. The molecule has 0 aliphatic rings. The molecule has 1 unspecified atom stereocenters. The van der Waals surface area contributed by atoms with Crippen molar-refractivity contribution in [3.8, 4) is 11.5 Å². The normalized spacial score (nSPS) is 12.5. The molecule has 0 fully saturated rings. The Morgan fingerprint density at radius 2 is 1.68 bits per heavy atom. The number of fused-ring (bicyclic) bond motifs is 1. The van der Waals surface area contributed by atoms with Crippen LogP contribution in [-0.4, -0.2) is 18.8 Å². The molecule has 3 rings (SSSR count). The Hall–Kier alpha value is -2.66. The number of halogens is 2. The molecule has 0 spiro atoms. The van der Waals surface area contributed by atoms with Gasteiger partial charge >= 0.3 is 6.61 Å². The topological polar surface area (TPSA) is 33.9 Å². The van der Waals surface area contributed by atoms with Crippen molar-refractivity contribution in [3.63, 3.8) is 0 Å². The maximum absolute atomic E-state index is 12.2. The predicted octanol–water partition coefficient (Wildman–Crippen LogP) is 3.36. The zero-order chi connectivity index (χ0) is 17.8. The van der Waals surface area contributed by atoms with E-state index in [0.29, 0.717) is 18.8 Å². The van der Waals surface area contributed by atoms with Gasteiger partial charge < -0.3 is 14.7 Å². The van der Waals surface area contributed by atoms with E-state index in [1.165, 1.54) is 4.90 Å². The number of benzene rings is 3. The minimum atomic E-state index is -2.81. The van der Waals surface area contributed by atoms with Crippen LogP contribution in [0.4, 0.5) is 8.78 Å². The first-order valence-corrected chi connectivity index (χ1v) is 8.07. The highest BCUT2D eigenvalue weighted by Crippen LogP contribution is 2.26. The van der Waals surface area contributed by atoms with Gasteiger partial charge in [-0.05, 0) is 41.1 Å². The number of phenols is 1. The molecule has 0 aliphatic carbocycles. The molecule has 3 aromatic carbocycles. The Kier molecular flexibility index (Phi) is 5.14. The summed E-state index contributed by atoms with van der Waals surface area (Å²) >= 11 is 0. The predicted molar refractivity (Wildman–Crippen MR) is 93.0 cm³/mol. The van der Waals surface area contributed by atoms with Crippen LogP contribution in [-0.2, 0) is 13.1 Å². The zero-order valence-corrected chi connectivity index (χ0v) is 13.9. The van der Waals surface area contributed by atoms with Crippen LogP contribution in [0.1, 0.15) is 11.1 Å². The van der Waals surface area contributed by atoms with Crippen molar-refractivity contribution in [1.82, 2.24) is 0 Å². The first kappa shape index (κ1) is 17.2. The lowest BCUT2D eigenvalue weighted by atomic mass is 10.0. The number of phenolic OH excluding ortho intramolecular Hbond substituents is 1. The number of quaternary nitrogens is 1. The van der Waals surface area contributed by atoms with Crippen LogP contribution in [0.25, 0.3) is 10.8 Å². The average molecular weight is 344 g/mol. The van der Waals surface area contributed by atoms with Crippen molar-refractivity contribution in [2.45, 2.75) is 19.7 Å². The quantitative estimate of drug-likeness (QED) is 0.719. The summed E-state index contributed by atoms with van der Waals surface area (Å²) in [6.07, 6.45) is 0. The van der Waals surface area contributed by atoms with Crippen LogP contribution < -0.4 is 9.64 Å². The Morgan fingerprint density at radius 1 is 0.960 bits per heavy atom. The molecule has 3 nitrogen and oxygen atoms in total. The van der Waals surface area contributed by atoms with Crippen molar-refractivity contribution < 1.29 is 23.5 Å². The fraction of sp³-hybridized carbons (Fsp3) is 0.200. The molecular formula is C20H20F2NO2+. The van der Waals surface area contributed by atoms with Crippen molar-refractivity contribution in [3.05, 3.63) is 71.8 Å². The van der Waals surface area contributed by atoms with E-state index < -0.39 is 6.61 Å². The fourth-order valence-electron chi connectivity index (χ4n) is 3.01. The van der Waals surface area contributed by atoms with Gasteiger partial charge in [0.05, 0.1) is 12.6 Å². The van der Waals surface area contributed by atoms with Crippen molar-refractivity contribution >= 4 is 10.8 Å². The number of rotatable bonds is 6. The number of hydrogen-bond acceptors (Lipinski definition) is 2. The monoisotopic (exact) mass is 344 g/mol. The summed E-state index contributed by atoms with van der Waals surface area (Å²) in [4.78, 5) is 1.18. The summed E-state index contributed by atoms with van der Waals surface area (Å²) in [6.45, 7) is -1.45. The van der Waals surface area contributed by atoms with E-state index in [1.54, 1.807) is 30.3 Å². The molecule has 0 aromatic heterocycles. The van der Waals surface area contributed by atoms with Crippen molar-refractivity contribution in [2.75, 3.05) is 7.05 Å². The lowest BCUT2D eigenvalue weighted by Gasteiger charge is -2.17. The molecule has 3 aromatic rings. The van der Waals surface area contributed by atoms with E-state index in [1.807, 2.05) is 37.4 Å². The summed E-state index contributed by atoms with van der Waals surface area (Å²) < 4.78 is 28.7. The maximum Gasteiger partial charge on any atom is 0.387 e. The van der Waals surface area contributed by atoms with Crippen LogP contribution in [0.3, 0.4) is 0 Å². The van der Waals surface area contributed by atoms with Gasteiger partial charge in [-0.15, -0.1) is 0 Å². The standard InChI is InChI=1S/C20H19F2NO2/c1-23(12-14-6-9-16(10-7-14)25-20(21)22)13-18-17-5-3-2-4-15(17)8-11-19(18)24/h2-11,20,24H,12-13H2,1H3/p+1. The number of aromatic hydroxyl groups is 1. The van der Waals surface area contributed by atoms with E-state index in [0.717, 1.165) is 21.9 Å². The van der Waals surface area contributed by atoms with E-state index >= 15 is 0 Å². The molecule has 0 aliphatic heterocycles. The SMILES string of the molecule is C[NH+](Cc1ccc(OC(F)F)cc1)Cc1c(O)ccc2ccccc12. The highest BCUT2D eigenvalue weighted by atomic mass is 19.3. The zero-order valence-electron chi connectivity index (χ0n) is 13.9. The molecule has 0 saturated heterocycles. The minimum Gasteiger partial charge on any atom is -0.507 e. The third-order valence-electron chi connectivity index (χ3n) is 4.15. The molecule has 0 saturated carbocycles. The van der Waals surface area contributed by atoms with Gasteiger partial charge in [0, 0.05) is 5.56 Å². The minimum absolute atomic E-state index is 0.156. The van der Waals surface area contributed by atoms with Gasteiger partial charge in [-0.2, -0.15) is 8.78 Å². The molecule has 25 heavy (non-hydrogen) atoms. The Morgan fingerprint density at radius 3 is 2.40 bits per heavy atom. The second kappa shape index (κ2) is 7.49. The summed E-state index contributed by atoms with van der Waals surface area (Å²) in [5.74, 6) is 0.446. The molecule has 2 N–H and O–H groups in total. The molecule has 0 amide bonds. The van der Waals surface area contributed by atoms with E-state index in [-0.39, 0.29) is 5.75 Å².